The molecule has 1 heterocycles. The number of ether oxygens (including phenoxy) is 4. The van der Waals surface area contributed by atoms with E-state index in [-0.39, 0.29) is 35.2 Å². The predicted octanol–water partition coefficient (Wildman–Crippen LogP) is 5.81. The van der Waals surface area contributed by atoms with Gasteiger partial charge in [0.2, 0.25) is 0 Å². The Morgan fingerprint density at radius 2 is 1.31 bits per heavy atom. The molecule has 0 spiro atoms. The highest BCUT2D eigenvalue weighted by Gasteiger charge is 2.39. The van der Waals surface area contributed by atoms with Gasteiger partial charge in [0.05, 0.1) is 44.9 Å². The molecule has 0 bridgehead atoms. The van der Waals surface area contributed by atoms with Crippen molar-refractivity contribution in [1.29, 1.82) is 0 Å². The van der Waals surface area contributed by atoms with Crippen LogP contribution in [0.15, 0.2) is 47.2 Å². The summed E-state index contributed by atoms with van der Waals surface area (Å²) in [6.45, 7) is 15.5. The molecule has 12 heteroatoms. The smallest absolute Gasteiger partial charge is 0.438 e. The minimum absolute atomic E-state index is 0.0403. The van der Waals surface area contributed by atoms with E-state index in [4.69, 9.17) is 18.9 Å². The maximum atomic E-state index is 12.6. The molecule has 0 saturated carbocycles. The quantitative estimate of drug-likeness (QED) is 0.195. The van der Waals surface area contributed by atoms with Crippen LogP contribution in [0.1, 0.15) is 25.3 Å². The Labute approximate surface area is 207 Å². The first-order valence-electron chi connectivity index (χ1n) is 11.2. The molecule has 0 aliphatic carbocycles. The fraction of sp³-hybridized carbons (Fsp3) is 0.478. The topological polar surface area (TPSA) is 126 Å². The third-order valence-corrected chi connectivity index (χ3v) is 6.74. The summed E-state index contributed by atoms with van der Waals surface area (Å²) in [7, 11) is -3.43. The summed E-state index contributed by atoms with van der Waals surface area (Å²) in [6, 6.07) is 6.02. The van der Waals surface area contributed by atoms with Gasteiger partial charge in [-0.15, -0.1) is 0 Å². The highest BCUT2D eigenvalue weighted by Crippen LogP contribution is 2.42. The van der Waals surface area contributed by atoms with E-state index in [9.17, 15) is 19.7 Å². The number of carbonyl (C=O) groups excluding carboxylic acids is 2. The molecule has 0 unspecified atom stereocenters. The van der Waals surface area contributed by atoms with Gasteiger partial charge in [-0.3, -0.25) is 10.1 Å². The van der Waals surface area contributed by atoms with Gasteiger partial charge in [0, 0.05) is 11.6 Å². The summed E-state index contributed by atoms with van der Waals surface area (Å²) < 4.78 is 21.7. The molecule has 1 aliphatic heterocycles. The lowest BCUT2D eigenvalue weighted by Crippen LogP contribution is -2.33. The first-order valence-corrected chi connectivity index (χ1v) is 18.6. The van der Waals surface area contributed by atoms with Crippen LogP contribution in [-0.4, -0.2) is 45.8 Å². The lowest BCUT2D eigenvalue weighted by atomic mass is 9.89. The average Bonchev–Trinajstić information content (AvgIpc) is 2.73. The van der Waals surface area contributed by atoms with Crippen molar-refractivity contribution in [3.8, 4) is 0 Å². The van der Waals surface area contributed by atoms with Crippen LogP contribution in [0.2, 0.25) is 39.3 Å². The fourth-order valence-electron chi connectivity index (χ4n) is 3.20. The van der Waals surface area contributed by atoms with E-state index in [1.807, 2.05) is 39.3 Å². The van der Waals surface area contributed by atoms with E-state index in [0.717, 1.165) is 0 Å². The average molecular weight is 523 g/mol. The largest absolute Gasteiger partial charge is 0.513 e. The molecule has 0 amide bonds. The second-order valence-electron chi connectivity index (χ2n) is 10.8. The van der Waals surface area contributed by atoms with Crippen LogP contribution < -0.4 is 5.32 Å². The van der Waals surface area contributed by atoms with Crippen molar-refractivity contribution in [1.82, 2.24) is 5.32 Å². The second-order valence-corrected chi connectivity index (χ2v) is 21.6. The van der Waals surface area contributed by atoms with Crippen molar-refractivity contribution in [3.05, 3.63) is 62.9 Å². The Balaban J connectivity index is 2.49. The van der Waals surface area contributed by atoms with Crippen molar-refractivity contribution in [2.45, 2.75) is 59.0 Å². The molecule has 1 aromatic rings. The number of nitro benzene ring substituents is 1. The summed E-state index contributed by atoms with van der Waals surface area (Å²) in [4.78, 5) is 36.4. The van der Waals surface area contributed by atoms with E-state index < -0.39 is 39.3 Å². The molecule has 0 aromatic heterocycles. The zero-order valence-corrected chi connectivity index (χ0v) is 23.5. The second kappa shape index (κ2) is 11.1. The van der Waals surface area contributed by atoms with Gasteiger partial charge in [-0.1, -0.05) is 57.5 Å². The zero-order valence-electron chi connectivity index (χ0n) is 21.5. The summed E-state index contributed by atoms with van der Waals surface area (Å²) in [5.74, 6) is -0.978. The number of benzene rings is 1. The van der Waals surface area contributed by atoms with Gasteiger partial charge in [-0.05, 0) is 13.8 Å². The van der Waals surface area contributed by atoms with Gasteiger partial charge >= 0.3 is 12.3 Å². The molecule has 2 rings (SSSR count). The van der Waals surface area contributed by atoms with Crippen LogP contribution in [0.25, 0.3) is 0 Å². The highest BCUT2D eigenvalue weighted by molar-refractivity contribution is 6.76. The van der Waals surface area contributed by atoms with Gasteiger partial charge < -0.3 is 24.3 Å². The number of hydrogen-bond donors (Lipinski definition) is 1. The maximum absolute atomic E-state index is 12.6. The number of nitrogens with one attached hydrogen (secondary N) is 1. The van der Waals surface area contributed by atoms with Crippen LogP contribution in [0, 0.1) is 10.1 Å². The van der Waals surface area contributed by atoms with E-state index >= 15 is 0 Å². The Morgan fingerprint density at radius 1 is 0.886 bits per heavy atom. The Hall–Kier alpha value is -3.13. The zero-order chi connectivity index (χ0) is 26.6. The number of para-hydroxylation sites is 1. The molecule has 0 radical (unpaired) electrons. The first kappa shape index (κ1) is 28.1. The number of nitrogens with zero attached hydrogens (tertiary/aromatic N) is 1. The number of carbonyl (C=O) groups is 2. The third-order valence-electron chi connectivity index (χ3n) is 4.72. The number of hydrogen-bond acceptors (Lipinski definition) is 9. The lowest BCUT2D eigenvalue weighted by molar-refractivity contribution is -0.385. The number of nitro groups is 1. The summed E-state index contributed by atoms with van der Waals surface area (Å²) in [6.07, 6.45) is -1.40. The van der Waals surface area contributed by atoms with Gasteiger partial charge in [0.15, 0.2) is 0 Å². The summed E-state index contributed by atoms with van der Waals surface area (Å²) in [5, 5.41) is 14.8. The van der Waals surface area contributed by atoms with Crippen molar-refractivity contribution in [3.63, 3.8) is 0 Å². The molecule has 192 valence electrons. The van der Waals surface area contributed by atoms with Gasteiger partial charge in [-0.25, -0.2) is 9.59 Å². The van der Waals surface area contributed by atoms with Crippen LogP contribution in [0.4, 0.5) is 15.3 Å². The first-order chi connectivity index (χ1) is 16.1. The van der Waals surface area contributed by atoms with E-state index in [1.165, 1.54) is 18.2 Å². The minimum atomic E-state index is -1.71. The molecular weight excluding hydrogens is 488 g/mol. The number of dihydropyridines is 1. The van der Waals surface area contributed by atoms with Gasteiger partial charge in [-0.2, -0.15) is 0 Å². The SMILES string of the molecule is CC1=C(OC(=O)OC[Si](C)(C)C)C(c2ccccc2[N+](=O)[O-])C(OC(=O)OC[Si](C)(C)C)=C(C)N1. The predicted molar refractivity (Wildman–Crippen MR) is 136 cm³/mol. The Morgan fingerprint density at radius 3 is 1.71 bits per heavy atom. The summed E-state index contributed by atoms with van der Waals surface area (Å²) >= 11 is 0. The van der Waals surface area contributed by atoms with Crippen molar-refractivity contribution >= 4 is 34.1 Å². The Kier molecular flexibility index (Phi) is 8.90. The summed E-state index contributed by atoms with van der Waals surface area (Å²) in [5.41, 5.74) is 0.837. The molecule has 0 saturated heterocycles. The number of rotatable bonds is 8. The fourth-order valence-corrected chi connectivity index (χ4v) is 4.30. The third kappa shape index (κ3) is 8.24. The van der Waals surface area contributed by atoms with Crippen LogP contribution in [0.5, 0.6) is 0 Å². The molecule has 1 aliphatic rings. The van der Waals surface area contributed by atoms with Gasteiger partial charge in [0.1, 0.15) is 17.4 Å². The van der Waals surface area contributed by atoms with Crippen LogP contribution in [0.3, 0.4) is 0 Å². The lowest BCUT2D eigenvalue weighted by Gasteiger charge is -2.30. The van der Waals surface area contributed by atoms with E-state index in [0.29, 0.717) is 11.4 Å². The maximum Gasteiger partial charge on any atom is 0.513 e. The highest BCUT2D eigenvalue weighted by atomic mass is 28.3. The van der Waals surface area contributed by atoms with Crippen molar-refractivity contribution in [2.24, 2.45) is 0 Å². The molecule has 1 aromatic carbocycles. The normalized spacial score (nSPS) is 14.9. The van der Waals surface area contributed by atoms with Crippen molar-refractivity contribution < 1.29 is 33.5 Å². The number of allylic oxidation sites excluding steroid dienone is 2. The standard InChI is InChI=1S/C23H34N2O8Si2/c1-15-20(32-22(26)30-13-34(3,4)5)19(17-11-9-10-12-18(17)25(28)29)21(16(2)24-15)33-23(27)31-14-35(6,7)8/h9-12,19,24H,13-14H2,1-8H3. The molecule has 1 N–H and O–H groups in total. The van der Waals surface area contributed by atoms with Gasteiger partial charge in [0.25, 0.3) is 5.69 Å². The van der Waals surface area contributed by atoms with Crippen LogP contribution >= 0.6 is 0 Å². The molecule has 10 nitrogen and oxygen atoms in total. The minimum Gasteiger partial charge on any atom is -0.438 e. The molecular formula is C23H34N2O8Si2. The van der Waals surface area contributed by atoms with Crippen LogP contribution in [-0.2, 0) is 18.9 Å². The van der Waals surface area contributed by atoms with E-state index in [2.05, 4.69) is 5.32 Å². The van der Waals surface area contributed by atoms with Crippen molar-refractivity contribution in [2.75, 3.05) is 12.5 Å². The molecule has 0 atom stereocenters. The molecule has 0 fully saturated rings. The Bertz CT molecular complexity index is 1000. The monoisotopic (exact) mass is 522 g/mol. The van der Waals surface area contributed by atoms with E-state index in [1.54, 1.807) is 19.9 Å². The molecule has 35 heavy (non-hydrogen) atoms.